The van der Waals surface area contributed by atoms with Crippen LogP contribution in [-0.2, 0) is 0 Å². The summed E-state index contributed by atoms with van der Waals surface area (Å²) in [5.41, 5.74) is 0. The lowest BCUT2D eigenvalue weighted by Crippen LogP contribution is -2.21. The molecule has 4 heteroatoms. The average Bonchev–Trinajstić information content (AvgIpc) is 2.20. The molecule has 0 saturated carbocycles. The SMILES string of the molecule is CCCNCCOc1ccc(F)cc1Cl. The van der Waals surface area contributed by atoms with Gasteiger partial charge in [-0.3, -0.25) is 0 Å². The molecule has 0 amide bonds. The van der Waals surface area contributed by atoms with Gasteiger partial charge in [-0.1, -0.05) is 18.5 Å². The van der Waals surface area contributed by atoms with Gasteiger partial charge in [0.1, 0.15) is 18.2 Å². The molecule has 15 heavy (non-hydrogen) atoms. The van der Waals surface area contributed by atoms with E-state index in [0.717, 1.165) is 19.5 Å². The number of hydrogen-bond acceptors (Lipinski definition) is 2. The molecule has 2 nitrogen and oxygen atoms in total. The maximum absolute atomic E-state index is 12.7. The van der Waals surface area contributed by atoms with Crippen LogP contribution in [0.1, 0.15) is 13.3 Å². The van der Waals surface area contributed by atoms with E-state index >= 15 is 0 Å². The third-order valence-electron chi connectivity index (χ3n) is 1.86. The monoisotopic (exact) mass is 231 g/mol. The molecule has 0 fully saturated rings. The molecule has 0 heterocycles. The summed E-state index contributed by atoms with van der Waals surface area (Å²) in [6.45, 7) is 4.37. The van der Waals surface area contributed by atoms with Crippen molar-refractivity contribution in [2.75, 3.05) is 19.7 Å². The van der Waals surface area contributed by atoms with Crippen molar-refractivity contribution in [1.82, 2.24) is 5.32 Å². The number of benzene rings is 1. The Morgan fingerprint density at radius 3 is 2.87 bits per heavy atom. The van der Waals surface area contributed by atoms with E-state index in [9.17, 15) is 4.39 Å². The van der Waals surface area contributed by atoms with E-state index in [0.29, 0.717) is 17.4 Å². The van der Waals surface area contributed by atoms with Crippen molar-refractivity contribution in [2.24, 2.45) is 0 Å². The third kappa shape index (κ3) is 4.49. The van der Waals surface area contributed by atoms with Crippen LogP contribution in [0.2, 0.25) is 5.02 Å². The fourth-order valence-corrected chi connectivity index (χ4v) is 1.35. The van der Waals surface area contributed by atoms with Gasteiger partial charge in [0.05, 0.1) is 5.02 Å². The second-order valence-electron chi connectivity index (χ2n) is 3.17. The van der Waals surface area contributed by atoms with Gasteiger partial charge in [0.25, 0.3) is 0 Å². The lowest BCUT2D eigenvalue weighted by molar-refractivity contribution is 0.314. The highest BCUT2D eigenvalue weighted by atomic mass is 35.5. The molecule has 0 bridgehead atoms. The highest BCUT2D eigenvalue weighted by molar-refractivity contribution is 6.32. The van der Waals surface area contributed by atoms with Crippen LogP contribution < -0.4 is 10.1 Å². The second-order valence-corrected chi connectivity index (χ2v) is 3.58. The molecule has 0 saturated heterocycles. The van der Waals surface area contributed by atoms with Gasteiger partial charge in [0.2, 0.25) is 0 Å². The minimum absolute atomic E-state index is 0.311. The van der Waals surface area contributed by atoms with Crippen molar-refractivity contribution in [3.05, 3.63) is 29.0 Å². The fourth-order valence-electron chi connectivity index (χ4n) is 1.13. The van der Waals surface area contributed by atoms with Crippen molar-refractivity contribution in [2.45, 2.75) is 13.3 Å². The van der Waals surface area contributed by atoms with E-state index in [1.54, 1.807) is 0 Å². The highest BCUT2D eigenvalue weighted by Crippen LogP contribution is 2.24. The van der Waals surface area contributed by atoms with Gasteiger partial charge in [-0.15, -0.1) is 0 Å². The molecule has 0 aliphatic heterocycles. The van der Waals surface area contributed by atoms with Gasteiger partial charge >= 0.3 is 0 Å². The fraction of sp³-hybridized carbons (Fsp3) is 0.455. The van der Waals surface area contributed by atoms with Gasteiger partial charge in [-0.05, 0) is 31.2 Å². The molecular weight excluding hydrogens is 217 g/mol. The summed E-state index contributed by atoms with van der Waals surface area (Å²) >= 11 is 5.78. The molecule has 0 aliphatic rings. The largest absolute Gasteiger partial charge is 0.491 e. The first-order valence-corrected chi connectivity index (χ1v) is 5.40. The molecule has 1 aromatic carbocycles. The smallest absolute Gasteiger partial charge is 0.138 e. The van der Waals surface area contributed by atoms with Gasteiger partial charge in [0, 0.05) is 6.54 Å². The molecule has 0 aromatic heterocycles. The first kappa shape index (κ1) is 12.3. The Hall–Kier alpha value is -0.800. The highest BCUT2D eigenvalue weighted by Gasteiger charge is 2.02. The Bertz CT molecular complexity index is 307. The van der Waals surface area contributed by atoms with Gasteiger partial charge < -0.3 is 10.1 Å². The molecule has 0 spiro atoms. The Kier molecular flexibility index (Phi) is 5.43. The van der Waals surface area contributed by atoms with Crippen molar-refractivity contribution < 1.29 is 9.13 Å². The topological polar surface area (TPSA) is 21.3 Å². The van der Waals surface area contributed by atoms with E-state index < -0.39 is 0 Å². The summed E-state index contributed by atoms with van der Waals surface area (Å²) in [4.78, 5) is 0. The zero-order valence-corrected chi connectivity index (χ0v) is 9.48. The average molecular weight is 232 g/mol. The van der Waals surface area contributed by atoms with E-state index in [2.05, 4.69) is 12.2 Å². The maximum Gasteiger partial charge on any atom is 0.138 e. The second kappa shape index (κ2) is 6.64. The number of ether oxygens (including phenoxy) is 1. The number of halogens is 2. The third-order valence-corrected chi connectivity index (χ3v) is 2.15. The predicted octanol–water partition coefficient (Wildman–Crippen LogP) is 2.86. The van der Waals surface area contributed by atoms with E-state index in [-0.39, 0.29) is 5.82 Å². The lowest BCUT2D eigenvalue weighted by atomic mass is 10.3. The normalized spacial score (nSPS) is 10.3. The molecule has 0 atom stereocenters. The minimum Gasteiger partial charge on any atom is -0.491 e. The van der Waals surface area contributed by atoms with Gasteiger partial charge in [0.15, 0.2) is 0 Å². The van der Waals surface area contributed by atoms with Crippen LogP contribution in [0, 0.1) is 5.82 Å². The van der Waals surface area contributed by atoms with Crippen LogP contribution >= 0.6 is 11.6 Å². The quantitative estimate of drug-likeness (QED) is 0.761. The summed E-state index contributed by atoms with van der Waals surface area (Å²) in [7, 11) is 0. The summed E-state index contributed by atoms with van der Waals surface area (Å²) < 4.78 is 18.1. The summed E-state index contributed by atoms with van der Waals surface area (Å²) in [6.07, 6.45) is 1.09. The molecule has 1 aromatic rings. The molecule has 0 unspecified atom stereocenters. The van der Waals surface area contributed by atoms with Gasteiger partial charge in [-0.2, -0.15) is 0 Å². The van der Waals surface area contributed by atoms with E-state index in [4.69, 9.17) is 16.3 Å². The van der Waals surface area contributed by atoms with Crippen LogP contribution in [0.25, 0.3) is 0 Å². The Morgan fingerprint density at radius 2 is 2.20 bits per heavy atom. The van der Waals surface area contributed by atoms with Crippen molar-refractivity contribution in [3.63, 3.8) is 0 Å². The number of hydrogen-bond donors (Lipinski definition) is 1. The van der Waals surface area contributed by atoms with E-state index in [1.165, 1.54) is 18.2 Å². The van der Waals surface area contributed by atoms with Gasteiger partial charge in [-0.25, -0.2) is 4.39 Å². The lowest BCUT2D eigenvalue weighted by Gasteiger charge is -2.08. The van der Waals surface area contributed by atoms with Crippen molar-refractivity contribution in [1.29, 1.82) is 0 Å². The molecule has 84 valence electrons. The van der Waals surface area contributed by atoms with Crippen LogP contribution in [0.5, 0.6) is 5.75 Å². The maximum atomic E-state index is 12.7. The van der Waals surface area contributed by atoms with Crippen molar-refractivity contribution in [3.8, 4) is 5.75 Å². The Balaban J connectivity index is 2.31. The summed E-state index contributed by atoms with van der Waals surface area (Å²) in [5.74, 6) is 0.174. The summed E-state index contributed by atoms with van der Waals surface area (Å²) in [5, 5.41) is 3.50. The van der Waals surface area contributed by atoms with E-state index in [1.807, 2.05) is 0 Å². The molecule has 0 radical (unpaired) electrons. The number of nitrogens with one attached hydrogen (secondary N) is 1. The molecular formula is C11H15ClFNO. The van der Waals surface area contributed by atoms with Crippen molar-refractivity contribution >= 4 is 11.6 Å². The van der Waals surface area contributed by atoms with Crippen LogP contribution in [-0.4, -0.2) is 19.7 Å². The molecule has 1 N–H and O–H groups in total. The predicted molar refractivity (Wildman–Crippen MR) is 60.1 cm³/mol. The van der Waals surface area contributed by atoms with Crippen LogP contribution in [0.4, 0.5) is 4.39 Å². The Morgan fingerprint density at radius 1 is 1.40 bits per heavy atom. The minimum atomic E-state index is -0.351. The summed E-state index contributed by atoms with van der Waals surface area (Å²) in [6, 6.07) is 4.12. The molecule has 1 rings (SSSR count). The first-order valence-electron chi connectivity index (χ1n) is 5.02. The van der Waals surface area contributed by atoms with Crippen LogP contribution in [0.15, 0.2) is 18.2 Å². The Labute approximate surface area is 94.4 Å². The molecule has 0 aliphatic carbocycles. The first-order chi connectivity index (χ1) is 7.24. The zero-order chi connectivity index (χ0) is 11.1. The number of rotatable bonds is 6. The zero-order valence-electron chi connectivity index (χ0n) is 8.72. The van der Waals surface area contributed by atoms with Crippen LogP contribution in [0.3, 0.4) is 0 Å². The standard InChI is InChI=1S/C11H15ClFNO/c1-2-5-14-6-7-15-11-4-3-9(13)8-10(11)12/h3-4,8,14H,2,5-7H2,1H3.